The first-order chi connectivity index (χ1) is 8.31. The molecule has 4 nitrogen and oxygen atoms in total. The number of hydrogen-bond acceptors (Lipinski definition) is 3. The van der Waals surface area contributed by atoms with Gasteiger partial charge in [0.2, 0.25) is 0 Å². The van der Waals surface area contributed by atoms with Gasteiger partial charge in [0.05, 0.1) is 12.6 Å². The number of aliphatic hydroxyl groups is 1. The lowest BCUT2D eigenvalue weighted by Crippen LogP contribution is -2.45. The van der Waals surface area contributed by atoms with Crippen LogP contribution in [0.4, 0.5) is 4.79 Å². The predicted molar refractivity (Wildman–Crippen MR) is 70.3 cm³/mol. The SMILES string of the molecule is O=C(NCC1CCCSC1)N1CCC[C@@H]1CO. The fraction of sp³-hybridized carbons (Fsp3) is 0.917. The van der Waals surface area contributed by atoms with Gasteiger partial charge in [0, 0.05) is 13.1 Å². The molecule has 0 spiro atoms. The normalized spacial score (nSPS) is 29.4. The van der Waals surface area contributed by atoms with Gasteiger partial charge in [-0.25, -0.2) is 4.79 Å². The molecule has 0 bridgehead atoms. The van der Waals surface area contributed by atoms with E-state index in [0.29, 0.717) is 5.92 Å². The number of aliphatic hydroxyl groups excluding tert-OH is 1. The van der Waals surface area contributed by atoms with Crippen molar-refractivity contribution >= 4 is 17.8 Å². The highest BCUT2D eigenvalue weighted by Crippen LogP contribution is 2.22. The first-order valence-electron chi connectivity index (χ1n) is 6.54. The Bertz CT molecular complexity index is 257. The molecule has 0 aromatic carbocycles. The van der Waals surface area contributed by atoms with E-state index in [1.165, 1.54) is 24.3 Å². The summed E-state index contributed by atoms with van der Waals surface area (Å²) in [5.41, 5.74) is 0. The lowest BCUT2D eigenvalue weighted by atomic mass is 10.1. The Morgan fingerprint density at radius 1 is 1.41 bits per heavy atom. The first kappa shape index (κ1) is 13.0. The van der Waals surface area contributed by atoms with Gasteiger partial charge in [-0.15, -0.1) is 0 Å². The molecule has 0 aromatic rings. The Labute approximate surface area is 107 Å². The Kier molecular flexibility index (Phi) is 4.98. The molecule has 2 aliphatic heterocycles. The van der Waals surface area contributed by atoms with E-state index in [1.54, 1.807) is 4.90 Å². The molecule has 2 atom stereocenters. The van der Waals surface area contributed by atoms with E-state index in [0.717, 1.165) is 25.9 Å². The van der Waals surface area contributed by atoms with Gasteiger partial charge in [-0.05, 0) is 43.1 Å². The summed E-state index contributed by atoms with van der Waals surface area (Å²) in [5.74, 6) is 3.07. The molecule has 2 N–H and O–H groups in total. The zero-order valence-electron chi connectivity index (χ0n) is 10.2. The molecule has 0 saturated carbocycles. The van der Waals surface area contributed by atoms with Crippen molar-refractivity contribution in [3.63, 3.8) is 0 Å². The van der Waals surface area contributed by atoms with Crippen LogP contribution in [0.5, 0.6) is 0 Å². The van der Waals surface area contributed by atoms with Gasteiger partial charge in [-0.2, -0.15) is 11.8 Å². The molecule has 17 heavy (non-hydrogen) atoms. The van der Waals surface area contributed by atoms with Crippen LogP contribution in [0.3, 0.4) is 0 Å². The number of amides is 2. The Balaban J connectivity index is 1.72. The maximum absolute atomic E-state index is 12.0. The van der Waals surface area contributed by atoms with Crippen molar-refractivity contribution in [1.29, 1.82) is 0 Å². The lowest BCUT2D eigenvalue weighted by Gasteiger charge is -2.26. The molecule has 0 radical (unpaired) electrons. The maximum atomic E-state index is 12.0. The molecule has 2 aliphatic rings. The summed E-state index contributed by atoms with van der Waals surface area (Å²) in [4.78, 5) is 13.7. The van der Waals surface area contributed by atoms with Crippen molar-refractivity contribution in [2.75, 3.05) is 31.2 Å². The van der Waals surface area contributed by atoms with Crippen LogP contribution in [-0.2, 0) is 0 Å². The van der Waals surface area contributed by atoms with Crippen LogP contribution in [0, 0.1) is 5.92 Å². The van der Waals surface area contributed by atoms with Gasteiger partial charge >= 0.3 is 6.03 Å². The summed E-state index contributed by atoms with van der Waals surface area (Å²) in [6.07, 6.45) is 4.45. The molecule has 2 saturated heterocycles. The molecule has 2 fully saturated rings. The van der Waals surface area contributed by atoms with Gasteiger partial charge < -0.3 is 15.3 Å². The molecule has 5 heteroatoms. The number of likely N-dealkylation sites (tertiary alicyclic amines) is 1. The molecule has 98 valence electrons. The fourth-order valence-corrected chi connectivity index (χ4v) is 3.75. The summed E-state index contributed by atoms with van der Waals surface area (Å²) in [6, 6.07) is 0.0489. The zero-order valence-corrected chi connectivity index (χ0v) is 11.0. The first-order valence-corrected chi connectivity index (χ1v) is 7.70. The second kappa shape index (κ2) is 6.50. The molecule has 2 amide bonds. The molecular formula is C12H22N2O2S. The highest BCUT2D eigenvalue weighted by molar-refractivity contribution is 7.99. The quantitative estimate of drug-likeness (QED) is 0.802. The number of thioether (sulfide) groups is 1. The van der Waals surface area contributed by atoms with Crippen LogP contribution in [0.15, 0.2) is 0 Å². The highest BCUT2D eigenvalue weighted by atomic mass is 32.2. The van der Waals surface area contributed by atoms with Crippen LogP contribution in [-0.4, -0.2) is 53.3 Å². The molecule has 2 heterocycles. The number of carbonyl (C=O) groups is 1. The third-order valence-corrected chi connectivity index (χ3v) is 4.93. The molecule has 0 aromatic heterocycles. The van der Waals surface area contributed by atoms with Crippen molar-refractivity contribution in [1.82, 2.24) is 10.2 Å². The summed E-state index contributed by atoms with van der Waals surface area (Å²) in [5, 5.41) is 12.2. The van der Waals surface area contributed by atoms with Crippen LogP contribution in [0.25, 0.3) is 0 Å². The fourth-order valence-electron chi connectivity index (χ4n) is 2.59. The third-order valence-electron chi connectivity index (χ3n) is 3.65. The van der Waals surface area contributed by atoms with E-state index in [1.807, 2.05) is 11.8 Å². The summed E-state index contributed by atoms with van der Waals surface area (Å²) >= 11 is 1.99. The second-order valence-electron chi connectivity index (χ2n) is 4.94. The van der Waals surface area contributed by atoms with Crippen molar-refractivity contribution in [3.8, 4) is 0 Å². The smallest absolute Gasteiger partial charge is 0.317 e. The van der Waals surface area contributed by atoms with Gasteiger partial charge in [-0.1, -0.05) is 0 Å². The third kappa shape index (κ3) is 3.52. The Morgan fingerprint density at radius 2 is 2.29 bits per heavy atom. The number of urea groups is 1. The van der Waals surface area contributed by atoms with Gasteiger partial charge in [0.15, 0.2) is 0 Å². The predicted octanol–water partition coefficient (Wildman–Crippen LogP) is 1.30. The minimum atomic E-state index is 0.0112. The molecule has 0 aliphatic carbocycles. The van der Waals surface area contributed by atoms with E-state index in [-0.39, 0.29) is 18.7 Å². The number of hydrogen-bond donors (Lipinski definition) is 2. The molecule has 2 rings (SSSR count). The largest absolute Gasteiger partial charge is 0.394 e. The van der Waals surface area contributed by atoms with Crippen LogP contribution in [0.1, 0.15) is 25.7 Å². The van der Waals surface area contributed by atoms with Crippen molar-refractivity contribution in [3.05, 3.63) is 0 Å². The lowest BCUT2D eigenvalue weighted by molar-refractivity contribution is 0.156. The van der Waals surface area contributed by atoms with E-state index >= 15 is 0 Å². The standard InChI is InChI=1S/C12H22N2O2S/c15-8-11-4-1-5-14(11)12(16)13-7-10-3-2-6-17-9-10/h10-11,15H,1-9H2,(H,13,16)/t10?,11-/m1/s1. The molecular weight excluding hydrogens is 236 g/mol. The highest BCUT2D eigenvalue weighted by Gasteiger charge is 2.28. The number of carbonyl (C=O) groups excluding carboxylic acids is 1. The van der Waals surface area contributed by atoms with E-state index in [2.05, 4.69) is 5.32 Å². The summed E-state index contributed by atoms with van der Waals surface area (Å²) in [7, 11) is 0. The van der Waals surface area contributed by atoms with Crippen molar-refractivity contribution < 1.29 is 9.90 Å². The molecule has 1 unspecified atom stereocenters. The summed E-state index contributed by atoms with van der Waals surface area (Å²) in [6.45, 7) is 1.67. The summed E-state index contributed by atoms with van der Waals surface area (Å²) < 4.78 is 0. The number of nitrogens with zero attached hydrogens (tertiary/aromatic N) is 1. The average Bonchev–Trinajstić information content (AvgIpc) is 2.85. The Hall–Kier alpha value is -0.420. The topological polar surface area (TPSA) is 52.6 Å². The number of nitrogens with one attached hydrogen (secondary N) is 1. The van der Waals surface area contributed by atoms with Crippen LogP contribution >= 0.6 is 11.8 Å². The van der Waals surface area contributed by atoms with Gasteiger partial charge in [0.25, 0.3) is 0 Å². The van der Waals surface area contributed by atoms with Crippen molar-refractivity contribution in [2.24, 2.45) is 5.92 Å². The van der Waals surface area contributed by atoms with E-state index in [4.69, 9.17) is 0 Å². The minimum Gasteiger partial charge on any atom is -0.394 e. The maximum Gasteiger partial charge on any atom is 0.317 e. The minimum absolute atomic E-state index is 0.0112. The van der Waals surface area contributed by atoms with Gasteiger partial charge in [-0.3, -0.25) is 0 Å². The zero-order chi connectivity index (χ0) is 12.1. The average molecular weight is 258 g/mol. The second-order valence-corrected chi connectivity index (χ2v) is 6.09. The monoisotopic (exact) mass is 258 g/mol. The van der Waals surface area contributed by atoms with E-state index < -0.39 is 0 Å². The van der Waals surface area contributed by atoms with Crippen molar-refractivity contribution in [2.45, 2.75) is 31.7 Å². The Morgan fingerprint density at radius 3 is 3.00 bits per heavy atom. The van der Waals surface area contributed by atoms with E-state index in [9.17, 15) is 9.90 Å². The van der Waals surface area contributed by atoms with Gasteiger partial charge in [0.1, 0.15) is 0 Å². The van der Waals surface area contributed by atoms with Crippen LogP contribution in [0.2, 0.25) is 0 Å². The van der Waals surface area contributed by atoms with Crippen LogP contribution < -0.4 is 5.32 Å². The number of rotatable bonds is 3.